The lowest BCUT2D eigenvalue weighted by atomic mass is 10.2. The molecule has 1 aliphatic carbocycles. The van der Waals surface area contributed by atoms with E-state index in [0.717, 1.165) is 11.7 Å². The molecule has 1 fully saturated rings. The van der Waals surface area contributed by atoms with Crippen molar-refractivity contribution in [1.82, 2.24) is 9.97 Å². The highest BCUT2D eigenvalue weighted by atomic mass is 14.9. The maximum Gasteiger partial charge on any atom is 0.108 e. The second kappa shape index (κ2) is 2.36. The maximum absolute atomic E-state index is 4.32. The van der Waals surface area contributed by atoms with Crippen molar-refractivity contribution in [3.05, 3.63) is 17.7 Å². The molecular formula is C9H14N2. The van der Waals surface area contributed by atoms with Gasteiger partial charge in [-0.25, -0.2) is 4.98 Å². The topological polar surface area (TPSA) is 28.7 Å². The first-order valence-electron chi connectivity index (χ1n) is 4.32. The van der Waals surface area contributed by atoms with E-state index < -0.39 is 0 Å². The quantitative estimate of drug-likeness (QED) is 0.689. The minimum absolute atomic E-state index is 0.530. The molecule has 0 amide bonds. The van der Waals surface area contributed by atoms with Crippen LogP contribution >= 0.6 is 0 Å². The lowest BCUT2D eigenvalue weighted by Gasteiger charge is -1.97. The van der Waals surface area contributed by atoms with Crippen LogP contribution in [0.2, 0.25) is 0 Å². The second-order valence-corrected chi connectivity index (χ2v) is 3.65. The Hall–Kier alpha value is -0.790. The summed E-state index contributed by atoms with van der Waals surface area (Å²) in [4.78, 5) is 7.68. The number of aromatic amines is 1. The summed E-state index contributed by atoms with van der Waals surface area (Å²) < 4.78 is 0. The summed E-state index contributed by atoms with van der Waals surface area (Å²) in [5.41, 5.74) is 1.34. The fraction of sp³-hybridized carbons (Fsp3) is 0.667. The number of nitrogens with zero attached hydrogens (tertiary/aromatic N) is 1. The van der Waals surface area contributed by atoms with Gasteiger partial charge in [-0.2, -0.15) is 0 Å². The Labute approximate surface area is 67.0 Å². The van der Waals surface area contributed by atoms with Crippen LogP contribution in [0.3, 0.4) is 0 Å². The highest BCUT2D eigenvalue weighted by molar-refractivity contribution is 5.14. The highest BCUT2D eigenvalue weighted by Gasteiger charge is 2.25. The molecule has 60 valence electrons. The Morgan fingerprint density at radius 2 is 2.27 bits per heavy atom. The Balaban J connectivity index is 2.18. The molecule has 0 atom stereocenters. The second-order valence-electron chi connectivity index (χ2n) is 3.65. The SMILES string of the molecule is CC(C)c1ncc(C2CC2)[nH]1. The lowest BCUT2D eigenvalue weighted by Crippen LogP contribution is -1.89. The molecule has 0 unspecified atom stereocenters. The van der Waals surface area contributed by atoms with Crippen molar-refractivity contribution < 1.29 is 0 Å². The molecule has 2 nitrogen and oxygen atoms in total. The fourth-order valence-corrected chi connectivity index (χ4v) is 1.25. The Morgan fingerprint density at radius 1 is 1.55 bits per heavy atom. The van der Waals surface area contributed by atoms with E-state index in [0.29, 0.717) is 5.92 Å². The largest absolute Gasteiger partial charge is 0.345 e. The van der Waals surface area contributed by atoms with E-state index in [1.54, 1.807) is 0 Å². The van der Waals surface area contributed by atoms with Crippen LogP contribution in [-0.4, -0.2) is 9.97 Å². The van der Waals surface area contributed by atoms with Crippen molar-refractivity contribution in [2.24, 2.45) is 0 Å². The van der Waals surface area contributed by atoms with E-state index in [4.69, 9.17) is 0 Å². The molecule has 1 heterocycles. The van der Waals surface area contributed by atoms with Crippen LogP contribution in [0.5, 0.6) is 0 Å². The Bertz CT molecular complexity index is 229. The highest BCUT2D eigenvalue weighted by Crippen LogP contribution is 2.39. The van der Waals surface area contributed by atoms with Gasteiger partial charge in [-0.05, 0) is 12.8 Å². The average molecular weight is 150 g/mol. The number of H-pyrrole nitrogens is 1. The monoisotopic (exact) mass is 150 g/mol. The molecule has 1 aliphatic rings. The van der Waals surface area contributed by atoms with Gasteiger partial charge in [-0.15, -0.1) is 0 Å². The fourth-order valence-electron chi connectivity index (χ4n) is 1.25. The molecular weight excluding hydrogens is 136 g/mol. The molecule has 0 radical (unpaired) electrons. The third-order valence-corrected chi connectivity index (χ3v) is 2.18. The first kappa shape index (κ1) is 6.89. The number of aromatic nitrogens is 2. The molecule has 0 spiro atoms. The number of nitrogens with one attached hydrogen (secondary N) is 1. The van der Waals surface area contributed by atoms with Gasteiger partial charge < -0.3 is 4.98 Å². The van der Waals surface area contributed by atoms with Gasteiger partial charge in [-0.3, -0.25) is 0 Å². The van der Waals surface area contributed by atoms with Gasteiger partial charge in [-0.1, -0.05) is 13.8 Å². The van der Waals surface area contributed by atoms with Crippen molar-refractivity contribution in [2.45, 2.75) is 38.5 Å². The molecule has 0 aromatic carbocycles. The van der Waals surface area contributed by atoms with Crippen LogP contribution in [0.4, 0.5) is 0 Å². The predicted octanol–water partition coefficient (Wildman–Crippen LogP) is 2.41. The molecule has 0 aliphatic heterocycles. The lowest BCUT2D eigenvalue weighted by molar-refractivity contribution is 0.788. The van der Waals surface area contributed by atoms with Gasteiger partial charge in [0.1, 0.15) is 5.82 Å². The van der Waals surface area contributed by atoms with Crippen molar-refractivity contribution in [3.8, 4) is 0 Å². The van der Waals surface area contributed by atoms with E-state index >= 15 is 0 Å². The van der Waals surface area contributed by atoms with Gasteiger partial charge in [0.2, 0.25) is 0 Å². The molecule has 1 N–H and O–H groups in total. The van der Waals surface area contributed by atoms with Crippen molar-refractivity contribution >= 4 is 0 Å². The molecule has 1 aromatic heterocycles. The van der Waals surface area contributed by atoms with Crippen LogP contribution in [0.1, 0.15) is 50.0 Å². The third kappa shape index (κ3) is 1.30. The van der Waals surface area contributed by atoms with Gasteiger partial charge in [0.05, 0.1) is 0 Å². The van der Waals surface area contributed by atoms with Gasteiger partial charge >= 0.3 is 0 Å². The van der Waals surface area contributed by atoms with Crippen molar-refractivity contribution in [1.29, 1.82) is 0 Å². The summed E-state index contributed by atoms with van der Waals surface area (Å²) in [5.74, 6) is 2.46. The molecule has 1 aromatic rings. The van der Waals surface area contributed by atoms with Crippen molar-refractivity contribution in [3.63, 3.8) is 0 Å². The van der Waals surface area contributed by atoms with E-state index in [-0.39, 0.29) is 0 Å². The molecule has 2 rings (SSSR count). The van der Waals surface area contributed by atoms with Crippen LogP contribution < -0.4 is 0 Å². The molecule has 2 heteroatoms. The summed E-state index contributed by atoms with van der Waals surface area (Å²) in [5, 5.41) is 0. The Morgan fingerprint density at radius 3 is 2.73 bits per heavy atom. The van der Waals surface area contributed by atoms with Crippen LogP contribution in [0.15, 0.2) is 6.20 Å². The maximum atomic E-state index is 4.32. The zero-order valence-electron chi connectivity index (χ0n) is 7.09. The first-order chi connectivity index (χ1) is 5.27. The first-order valence-corrected chi connectivity index (χ1v) is 4.32. The summed E-state index contributed by atoms with van der Waals surface area (Å²) >= 11 is 0. The van der Waals surface area contributed by atoms with Gasteiger partial charge in [0.15, 0.2) is 0 Å². The number of rotatable bonds is 2. The molecule has 11 heavy (non-hydrogen) atoms. The molecule has 0 saturated heterocycles. The summed E-state index contributed by atoms with van der Waals surface area (Å²) in [6.45, 7) is 4.32. The van der Waals surface area contributed by atoms with Crippen LogP contribution in [-0.2, 0) is 0 Å². The van der Waals surface area contributed by atoms with E-state index in [1.165, 1.54) is 18.5 Å². The number of hydrogen-bond donors (Lipinski definition) is 1. The smallest absolute Gasteiger partial charge is 0.108 e. The number of hydrogen-bond acceptors (Lipinski definition) is 1. The van der Waals surface area contributed by atoms with Crippen LogP contribution in [0, 0.1) is 0 Å². The zero-order chi connectivity index (χ0) is 7.84. The average Bonchev–Trinajstić information content (AvgIpc) is 2.68. The van der Waals surface area contributed by atoms with Gasteiger partial charge in [0.25, 0.3) is 0 Å². The van der Waals surface area contributed by atoms with E-state index in [1.807, 2.05) is 6.20 Å². The van der Waals surface area contributed by atoms with Gasteiger partial charge in [0, 0.05) is 23.7 Å². The normalized spacial score (nSPS) is 17.7. The third-order valence-electron chi connectivity index (χ3n) is 2.18. The van der Waals surface area contributed by atoms with Crippen molar-refractivity contribution in [2.75, 3.05) is 0 Å². The minimum Gasteiger partial charge on any atom is -0.345 e. The molecule has 1 saturated carbocycles. The Kier molecular flexibility index (Phi) is 1.48. The minimum atomic E-state index is 0.530. The predicted molar refractivity (Wildman–Crippen MR) is 44.7 cm³/mol. The molecule has 0 bridgehead atoms. The number of imidazole rings is 1. The zero-order valence-corrected chi connectivity index (χ0v) is 7.09. The van der Waals surface area contributed by atoms with Crippen LogP contribution in [0.25, 0.3) is 0 Å². The standard InChI is InChI=1S/C9H14N2/c1-6(2)9-10-5-8(11-9)7-3-4-7/h5-7H,3-4H2,1-2H3,(H,10,11). The summed E-state index contributed by atoms with van der Waals surface area (Å²) in [6.07, 6.45) is 4.69. The van der Waals surface area contributed by atoms with E-state index in [2.05, 4.69) is 23.8 Å². The summed E-state index contributed by atoms with van der Waals surface area (Å²) in [6, 6.07) is 0. The summed E-state index contributed by atoms with van der Waals surface area (Å²) in [7, 11) is 0. The van der Waals surface area contributed by atoms with E-state index in [9.17, 15) is 0 Å².